The number of ether oxygens (including phenoxy) is 1. The first-order chi connectivity index (χ1) is 12.1. The zero-order valence-corrected chi connectivity index (χ0v) is 15.0. The minimum Gasteiger partial charge on any atom is -0.380 e. The van der Waals surface area contributed by atoms with Gasteiger partial charge in [0.2, 0.25) is 0 Å². The molecule has 1 aliphatic rings. The second-order valence-electron chi connectivity index (χ2n) is 6.46. The van der Waals surface area contributed by atoms with Crippen LogP contribution in [0.15, 0.2) is 24.5 Å². The Bertz CT molecular complexity index is 755. The molecule has 1 amide bonds. The normalized spacial score (nSPS) is 15.4. The lowest BCUT2D eigenvalue weighted by atomic mass is 9.90. The average molecular weight is 340 g/mol. The number of aromatic nitrogens is 3. The van der Waals surface area contributed by atoms with Crippen molar-refractivity contribution in [1.82, 2.24) is 19.9 Å². The van der Waals surface area contributed by atoms with E-state index < -0.39 is 0 Å². The molecule has 2 aromatic heterocycles. The van der Waals surface area contributed by atoms with E-state index in [1.54, 1.807) is 13.3 Å². The summed E-state index contributed by atoms with van der Waals surface area (Å²) in [4.78, 5) is 27.8. The number of nitrogens with zero attached hydrogens (tertiary/aromatic N) is 4. The summed E-state index contributed by atoms with van der Waals surface area (Å²) in [6, 6.07) is 3.66. The van der Waals surface area contributed by atoms with E-state index in [1.807, 2.05) is 37.1 Å². The number of piperidine rings is 1. The van der Waals surface area contributed by atoms with Crippen LogP contribution in [-0.4, -0.2) is 46.0 Å². The molecule has 0 N–H and O–H groups in total. The van der Waals surface area contributed by atoms with Crippen molar-refractivity contribution in [1.29, 1.82) is 0 Å². The monoisotopic (exact) mass is 340 g/mol. The summed E-state index contributed by atoms with van der Waals surface area (Å²) in [5.74, 6) is 1.19. The van der Waals surface area contributed by atoms with Crippen LogP contribution in [0.4, 0.5) is 0 Å². The number of hydrogen-bond acceptors (Lipinski definition) is 5. The number of carbonyl (C=O) groups excluding carboxylic acids is 1. The van der Waals surface area contributed by atoms with Crippen LogP contribution in [0.5, 0.6) is 0 Å². The lowest BCUT2D eigenvalue weighted by Gasteiger charge is -2.32. The summed E-state index contributed by atoms with van der Waals surface area (Å²) in [5, 5.41) is 0. The molecule has 3 rings (SSSR count). The summed E-state index contributed by atoms with van der Waals surface area (Å²) in [6.07, 6.45) is 5.38. The molecule has 0 aromatic carbocycles. The summed E-state index contributed by atoms with van der Waals surface area (Å²) in [7, 11) is 1.68. The van der Waals surface area contributed by atoms with E-state index >= 15 is 0 Å². The Balaban J connectivity index is 1.71. The second kappa shape index (κ2) is 7.70. The molecule has 3 heterocycles. The number of amides is 1. The lowest BCUT2D eigenvalue weighted by molar-refractivity contribution is 0.0710. The van der Waals surface area contributed by atoms with Gasteiger partial charge in [-0.15, -0.1) is 0 Å². The standard InChI is InChI=1S/C19H24N4O2/c1-13-17(5-4-8-20-13)19(24)23-9-6-15(7-10-23)18-16(12-25-3)11-21-14(2)22-18/h4-5,8,11,15H,6-7,9-10,12H2,1-3H3. The molecule has 132 valence electrons. The van der Waals surface area contributed by atoms with Crippen molar-refractivity contribution in [3.8, 4) is 0 Å². The van der Waals surface area contributed by atoms with Crippen molar-refractivity contribution in [2.45, 2.75) is 39.2 Å². The lowest BCUT2D eigenvalue weighted by Crippen LogP contribution is -2.38. The van der Waals surface area contributed by atoms with Crippen molar-refractivity contribution in [2.24, 2.45) is 0 Å². The summed E-state index contributed by atoms with van der Waals surface area (Å²) >= 11 is 0. The zero-order valence-electron chi connectivity index (χ0n) is 15.0. The van der Waals surface area contributed by atoms with E-state index in [2.05, 4.69) is 15.0 Å². The molecule has 0 bridgehead atoms. The Kier molecular flexibility index (Phi) is 5.38. The molecule has 0 unspecified atom stereocenters. The fourth-order valence-electron chi connectivity index (χ4n) is 3.37. The van der Waals surface area contributed by atoms with Gasteiger partial charge in [0, 0.05) is 49.8 Å². The van der Waals surface area contributed by atoms with Gasteiger partial charge in [-0.25, -0.2) is 9.97 Å². The third-order valence-electron chi connectivity index (χ3n) is 4.72. The van der Waals surface area contributed by atoms with Crippen LogP contribution in [-0.2, 0) is 11.3 Å². The first-order valence-corrected chi connectivity index (χ1v) is 8.62. The zero-order chi connectivity index (χ0) is 17.8. The van der Waals surface area contributed by atoms with Gasteiger partial charge in [-0.3, -0.25) is 9.78 Å². The number of pyridine rings is 1. The minimum absolute atomic E-state index is 0.0695. The fraction of sp³-hybridized carbons (Fsp3) is 0.474. The first-order valence-electron chi connectivity index (χ1n) is 8.62. The van der Waals surface area contributed by atoms with Crippen molar-refractivity contribution in [2.75, 3.05) is 20.2 Å². The highest BCUT2D eigenvalue weighted by Gasteiger charge is 2.27. The average Bonchev–Trinajstić information content (AvgIpc) is 2.63. The Morgan fingerprint density at radius 2 is 2.04 bits per heavy atom. The molecular formula is C19H24N4O2. The molecule has 0 saturated carbocycles. The number of rotatable bonds is 4. The van der Waals surface area contributed by atoms with Crippen molar-refractivity contribution < 1.29 is 9.53 Å². The predicted molar refractivity (Wildman–Crippen MR) is 94.3 cm³/mol. The van der Waals surface area contributed by atoms with Crippen molar-refractivity contribution in [3.05, 3.63) is 52.9 Å². The van der Waals surface area contributed by atoms with Crippen LogP contribution in [0.2, 0.25) is 0 Å². The molecular weight excluding hydrogens is 316 g/mol. The molecule has 2 aromatic rings. The maximum Gasteiger partial charge on any atom is 0.255 e. The van der Waals surface area contributed by atoms with E-state index in [0.29, 0.717) is 18.1 Å². The molecule has 6 heteroatoms. The van der Waals surface area contributed by atoms with Gasteiger partial charge in [-0.05, 0) is 38.8 Å². The SMILES string of the molecule is COCc1cnc(C)nc1C1CCN(C(=O)c2cccnc2C)CC1. The second-order valence-corrected chi connectivity index (χ2v) is 6.46. The number of aryl methyl sites for hydroxylation is 2. The van der Waals surface area contributed by atoms with Crippen LogP contribution >= 0.6 is 0 Å². The summed E-state index contributed by atoms with van der Waals surface area (Å²) < 4.78 is 5.28. The Labute approximate surface area is 148 Å². The van der Waals surface area contributed by atoms with Crippen molar-refractivity contribution in [3.63, 3.8) is 0 Å². The smallest absolute Gasteiger partial charge is 0.255 e. The molecule has 1 saturated heterocycles. The van der Waals surface area contributed by atoms with Gasteiger partial charge in [-0.1, -0.05) is 0 Å². The van der Waals surface area contributed by atoms with Gasteiger partial charge < -0.3 is 9.64 Å². The third kappa shape index (κ3) is 3.85. The van der Waals surface area contributed by atoms with Crippen LogP contribution < -0.4 is 0 Å². The van der Waals surface area contributed by atoms with Gasteiger partial charge >= 0.3 is 0 Å². The molecule has 25 heavy (non-hydrogen) atoms. The maximum atomic E-state index is 12.7. The molecule has 0 atom stereocenters. The highest BCUT2D eigenvalue weighted by atomic mass is 16.5. The van der Waals surface area contributed by atoms with Gasteiger partial charge in [0.05, 0.1) is 17.9 Å². The van der Waals surface area contributed by atoms with E-state index in [9.17, 15) is 4.79 Å². The van der Waals surface area contributed by atoms with Crippen LogP contribution in [0.3, 0.4) is 0 Å². The van der Waals surface area contributed by atoms with Gasteiger partial charge in [0.1, 0.15) is 5.82 Å². The minimum atomic E-state index is 0.0695. The number of methoxy groups -OCH3 is 1. The van der Waals surface area contributed by atoms with E-state index in [0.717, 1.165) is 48.7 Å². The van der Waals surface area contributed by atoms with Gasteiger partial charge in [0.25, 0.3) is 5.91 Å². The van der Waals surface area contributed by atoms with E-state index in [-0.39, 0.29) is 5.91 Å². The molecule has 6 nitrogen and oxygen atoms in total. The van der Waals surface area contributed by atoms with Crippen LogP contribution in [0.25, 0.3) is 0 Å². The number of hydrogen-bond donors (Lipinski definition) is 0. The van der Waals surface area contributed by atoms with Gasteiger partial charge in [0.15, 0.2) is 0 Å². The van der Waals surface area contributed by atoms with E-state index in [1.165, 1.54) is 0 Å². The molecule has 0 aliphatic carbocycles. The van der Waals surface area contributed by atoms with Crippen LogP contribution in [0.1, 0.15) is 51.9 Å². The summed E-state index contributed by atoms with van der Waals surface area (Å²) in [5.41, 5.74) is 3.59. The van der Waals surface area contributed by atoms with Gasteiger partial charge in [-0.2, -0.15) is 0 Å². The molecule has 1 fully saturated rings. The Hall–Kier alpha value is -2.34. The molecule has 0 radical (unpaired) electrons. The maximum absolute atomic E-state index is 12.7. The number of likely N-dealkylation sites (tertiary alicyclic amines) is 1. The highest BCUT2D eigenvalue weighted by Crippen LogP contribution is 2.30. The highest BCUT2D eigenvalue weighted by molar-refractivity contribution is 5.95. The first kappa shape index (κ1) is 17.5. The molecule has 0 spiro atoms. The largest absolute Gasteiger partial charge is 0.380 e. The topological polar surface area (TPSA) is 68.2 Å². The van der Waals surface area contributed by atoms with E-state index in [4.69, 9.17) is 4.74 Å². The van der Waals surface area contributed by atoms with Crippen molar-refractivity contribution >= 4 is 5.91 Å². The molecule has 1 aliphatic heterocycles. The predicted octanol–water partition coefficient (Wildman–Crippen LogP) is 2.65. The Morgan fingerprint density at radius 1 is 1.28 bits per heavy atom. The number of carbonyl (C=O) groups is 1. The quantitative estimate of drug-likeness (QED) is 0.856. The Morgan fingerprint density at radius 3 is 2.72 bits per heavy atom. The fourth-order valence-corrected chi connectivity index (χ4v) is 3.37. The summed E-state index contributed by atoms with van der Waals surface area (Å²) in [6.45, 7) is 5.76. The van der Waals surface area contributed by atoms with Crippen LogP contribution in [0, 0.1) is 13.8 Å². The third-order valence-corrected chi connectivity index (χ3v) is 4.72.